The first-order valence-corrected chi connectivity index (χ1v) is 9.49. The summed E-state index contributed by atoms with van der Waals surface area (Å²) in [4.78, 5) is 18.9. The van der Waals surface area contributed by atoms with Crippen molar-refractivity contribution in [3.63, 3.8) is 0 Å². The Hall–Kier alpha value is -2.76. The third kappa shape index (κ3) is 5.23. The van der Waals surface area contributed by atoms with Crippen LogP contribution in [0.1, 0.15) is 12.0 Å². The van der Waals surface area contributed by atoms with E-state index < -0.39 is 0 Å². The van der Waals surface area contributed by atoms with Crippen LogP contribution in [-0.2, 0) is 6.54 Å². The number of halogens is 2. The summed E-state index contributed by atoms with van der Waals surface area (Å²) in [5.74, 6) is 1.64. The number of anilines is 1. The standard InChI is InChI=1S/C20H23FN8.HI/c1-22-20(26-12-15-4-5-18(25-11-15)29-10-8-23-14-29)27-16-6-9-28(13-16)19-17(21)3-2-7-24-19;/h2-5,7-8,10-11,14,16H,6,9,12-13H2,1H3,(H2,22,26,27);1H. The van der Waals surface area contributed by atoms with Gasteiger partial charge in [-0.25, -0.2) is 19.3 Å². The van der Waals surface area contributed by atoms with Gasteiger partial charge >= 0.3 is 0 Å². The minimum Gasteiger partial charge on any atom is -0.352 e. The largest absolute Gasteiger partial charge is 0.352 e. The number of hydrogen-bond acceptors (Lipinski definition) is 5. The molecule has 0 amide bonds. The molecule has 0 radical (unpaired) electrons. The van der Waals surface area contributed by atoms with Crippen molar-refractivity contribution >= 4 is 35.8 Å². The molecular weight excluding hydrogens is 498 g/mol. The Morgan fingerprint density at radius 2 is 2.17 bits per heavy atom. The minimum atomic E-state index is -0.290. The molecule has 0 aliphatic carbocycles. The second kappa shape index (κ2) is 10.3. The first-order valence-electron chi connectivity index (χ1n) is 9.49. The summed E-state index contributed by atoms with van der Waals surface area (Å²) in [6.45, 7) is 2.03. The maximum absolute atomic E-state index is 14.0. The molecule has 3 aromatic rings. The number of guanidine groups is 1. The normalized spacial score (nSPS) is 16.3. The fourth-order valence-electron chi connectivity index (χ4n) is 3.32. The van der Waals surface area contributed by atoms with E-state index in [-0.39, 0.29) is 35.8 Å². The summed E-state index contributed by atoms with van der Waals surface area (Å²) in [5, 5.41) is 6.71. The van der Waals surface area contributed by atoms with Gasteiger partial charge in [0.1, 0.15) is 12.1 Å². The quantitative estimate of drug-likeness (QED) is 0.304. The third-order valence-corrected chi connectivity index (χ3v) is 4.83. The van der Waals surface area contributed by atoms with Crippen LogP contribution >= 0.6 is 24.0 Å². The molecule has 1 fully saturated rings. The third-order valence-electron chi connectivity index (χ3n) is 4.83. The lowest BCUT2D eigenvalue weighted by Gasteiger charge is -2.20. The number of aromatic nitrogens is 4. The Labute approximate surface area is 191 Å². The number of nitrogens with one attached hydrogen (secondary N) is 2. The van der Waals surface area contributed by atoms with Gasteiger partial charge < -0.3 is 15.5 Å². The lowest BCUT2D eigenvalue weighted by atomic mass is 10.2. The molecule has 0 aromatic carbocycles. The fourth-order valence-corrected chi connectivity index (χ4v) is 3.32. The molecular formula is C20H24FIN8. The number of nitrogens with zero attached hydrogens (tertiary/aromatic N) is 6. The fraction of sp³-hybridized carbons (Fsp3) is 0.300. The van der Waals surface area contributed by atoms with Crippen molar-refractivity contribution in [2.45, 2.75) is 19.0 Å². The second-order valence-electron chi connectivity index (χ2n) is 6.81. The first kappa shape index (κ1) is 21.9. The molecule has 158 valence electrons. The minimum absolute atomic E-state index is 0. The molecule has 4 heterocycles. The van der Waals surface area contributed by atoms with Gasteiger partial charge in [0.2, 0.25) is 0 Å². The summed E-state index contributed by atoms with van der Waals surface area (Å²) >= 11 is 0. The summed E-state index contributed by atoms with van der Waals surface area (Å²) in [7, 11) is 1.74. The van der Waals surface area contributed by atoms with Crippen molar-refractivity contribution in [1.82, 2.24) is 30.2 Å². The predicted molar refractivity (Wildman–Crippen MR) is 125 cm³/mol. The summed E-state index contributed by atoms with van der Waals surface area (Å²) < 4.78 is 15.8. The Bertz CT molecular complexity index is 961. The van der Waals surface area contributed by atoms with Gasteiger partial charge in [0.05, 0.1) is 0 Å². The SMILES string of the molecule is CN=C(NCc1ccc(-n2ccnc2)nc1)NC1CCN(c2ncccc2F)C1.I. The van der Waals surface area contributed by atoms with E-state index in [1.165, 1.54) is 6.07 Å². The van der Waals surface area contributed by atoms with Crippen LogP contribution in [0.25, 0.3) is 5.82 Å². The molecule has 8 nitrogen and oxygen atoms in total. The van der Waals surface area contributed by atoms with Gasteiger partial charge in [0, 0.05) is 57.5 Å². The molecule has 30 heavy (non-hydrogen) atoms. The van der Waals surface area contributed by atoms with Crippen LogP contribution in [0.4, 0.5) is 10.2 Å². The van der Waals surface area contributed by atoms with E-state index in [0.29, 0.717) is 24.9 Å². The van der Waals surface area contributed by atoms with Gasteiger partial charge in [-0.1, -0.05) is 6.07 Å². The lowest BCUT2D eigenvalue weighted by Crippen LogP contribution is -2.44. The van der Waals surface area contributed by atoms with Crippen LogP contribution in [0.3, 0.4) is 0 Å². The number of rotatable bonds is 5. The number of imidazole rings is 1. The number of aliphatic imine (C=N–C) groups is 1. The lowest BCUT2D eigenvalue weighted by molar-refractivity contribution is 0.612. The zero-order valence-electron chi connectivity index (χ0n) is 16.6. The van der Waals surface area contributed by atoms with Crippen LogP contribution in [-0.4, -0.2) is 51.7 Å². The molecule has 0 bridgehead atoms. The Kier molecular flexibility index (Phi) is 7.55. The van der Waals surface area contributed by atoms with Crippen molar-refractivity contribution in [3.05, 3.63) is 66.8 Å². The zero-order chi connectivity index (χ0) is 20.1. The Morgan fingerprint density at radius 3 is 2.87 bits per heavy atom. The molecule has 0 saturated carbocycles. The average Bonchev–Trinajstić information content (AvgIpc) is 3.44. The highest BCUT2D eigenvalue weighted by Crippen LogP contribution is 2.20. The van der Waals surface area contributed by atoms with Gasteiger partial charge in [0.25, 0.3) is 0 Å². The van der Waals surface area contributed by atoms with E-state index >= 15 is 0 Å². The van der Waals surface area contributed by atoms with E-state index in [2.05, 4.69) is 30.6 Å². The van der Waals surface area contributed by atoms with Gasteiger partial charge in [-0.05, 0) is 30.2 Å². The van der Waals surface area contributed by atoms with Gasteiger partial charge in [-0.15, -0.1) is 24.0 Å². The van der Waals surface area contributed by atoms with Gasteiger partial charge in [0.15, 0.2) is 17.6 Å². The summed E-state index contributed by atoms with van der Waals surface area (Å²) in [5.41, 5.74) is 1.04. The van der Waals surface area contributed by atoms with Crippen LogP contribution in [0.5, 0.6) is 0 Å². The molecule has 1 saturated heterocycles. The molecule has 1 aliphatic heterocycles. The first-order chi connectivity index (χ1) is 14.2. The van der Waals surface area contributed by atoms with Crippen LogP contribution in [0, 0.1) is 5.82 Å². The van der Waals surface area contributed by atoms with Crippen LogP contribution in [0.15, 0.2) is 60.4 Å². The Morgan fingerprint density at radius 1 is 1.27 bits per heavy atom. The predicted octanol–water partition coefficient (Wildman–Crippen LogP) is 2.36. The molecule has 10 heteroatoms. The molecule has 0 spiro atoms. The highest BCUT2D eigenvalue weighted by molar-refractivity contribution is 14.0. The van der Waals surface area contributed by atoms with Crippen molar-refractivity contribution in [1.29, 1.82) is 0 Å². The Balaban J connectivity index is 0.00000256. The van der Waals surface area contributed by atoms with Gasteiger partial charge in [-0.3, -0.25) is 9.56 Å². The monoisotopic (exact) mass is 522 g/mol. The van der Waals surface area contributed by atoms with E-state index in [4.69, 9.17) is 0 Å². The molecule has 1 aliphatic rings. The maximum atomic E-state index is 14.0. The van der Waals surface area contributed by atoms with Crippen molar-refractivity contribution in [2.24, 2.45) is 4.99 Å². The van der Waals surface area contributed by atoms with Crippen molar-refractivity contribution in [3.8, 4) is 5.82 Å². The van der Waals surface area contributed by atoms with Crippen LogP contribution < -0.4 is 15.5 Å². The molecule has 4 rings (SSSR count). The summed E-state index contributed by atoms with van der Waals surface area (Å²) in [6.07, 6.45) is 9.63. The molecule has 3 aromatic heterocycles. The smallest absolute Gasteiger partial charge is 0.191 e. The second-order valence-corrected chi connectivity index (χ2v) is 6.81. The number of hydrogen-bond donors (Lipinski definition) is 2. The van der Waals surface area contributed by atoms with Gasteiger partial charge in [-0.2, -0.15) is 0 Å². The molecule has 2 N–H and O–H groups in total. The zero-order valence-corrected chi connectivity index (χ0v) is 18.9. The van der Waals surface area contributed by atoms with E-state index in [1.807, 2.05) is 34.0 Å². The topological polar surface area (TPSA) is 83.3 Å². The van der Waals surface area contributed by atoms with E-state index in [9.17, 15) is 4.39 Å². The van der Waals surface area contributed by atoms with E-state index in [1.54, 1.807) is 31.8 Å². The highest BCUT2D eigenvalue weighted by atomic mass is 127. The molecule has 1 atom stereocenters. The van der Waals surface area contributed by atoms with Crippen LogP contribution in [0.2, 0.25) is 0 Å². The summed E-state index contributed by atoms with van der Waals surface area (Å²) in [6, 6.07) is 7.18. The number of pyridine rings is 2. The average molecular weight is 522 g/mol. The molecule has 1 unspecified atom stereocenters. The maximum Gasteiger partial charge on any atom is 0.191 e. The highest BCUT2D eigenvalue weighted by Gasteiger charge is 2.25. The van der Waals surface area contributed by atoms with Crippen molar-refractivity contribution < 1.29 is 4.39 Å². The van der Waals surface area contributed by atoms with E-state index in [0.717, 1.165) is 24.3 Å². The van der Waals surface area contributed by atoms with Crippen molar-refractivity contribution in [2.75, 3.05) is 25.0 Å².